The smallest absolute Gasteiger partial charge is 0.307 e. The summed E-state index contributed by atoms with van der Waals surface area (Å²) in [6.45, 7) is 4.05. The van der Waals surface area contributed by atoms with Crippen LogP contribution in [0.3, 0.4) is 0 Å². The first kappa shape index (κ1) is 18.0. The Balaban J connectivity index is 1.84. The number of hydrogen-bond donors (Lipinski definition) is 2. The van der Waals surface area contributed by atoms with E-state index in [1.54, 1.807) is 29.2 Å². The molecule has 26 heavy (non-hydrogen) atoms. The number of carboxylic acids is 1. The lowest BCUT2D eigenvalue weighted by atomic mass is 10.1. The molecule has 7 heteroatoms. The molecule has 0 aliphatic heterocycles. The van der Waals surface area contributed by atoms with Crippen LogP contribution < -0.4 is 0 Å². The maximum atomic E-state index is 10.8. The first-order valence-electron chi connectivity index (χ1n) is 8.38. The molecular formula is C19H21N3O4. The highest BCUT2D eigenvalue weighted by atomic mass is 16.5. The number of hydrogen-bond acceptors (Lipinski definition) is 5. The minimum absolute atomic E-state index is 0.0158. The number of nitrogens with zero attached hydrogens (tertiary/aromatic N) is 3. The number of carbonyl (C=O) groups is 1. The van der Waals surface area contributed by atoms with Crippen LogP contribution in [0.4, 0.5) is 0 Å². The zero-order chi connectivity index (χ0) is 18.7. The Morgan fingerprint density at radius 2 is 1.96 bits per heavy atom. The zero-order valence-electron chi connectivity index (χ0n) is 14.7. The second-order valence-corrected chi connectivity index (χ2v) is 6.37. The molecule has 7 nitrogen and oxygen atoms in total. The normalized spacial score (nSPS) is 12.6. The molecule has 0 bridgehead atoms. The van der Waals surface area contributed by atoms with Gasteiger partial charge in [-0.2, -0.15) is 5.10 Å². The third-order valence-electron chi connectivity index (χ3n) is 3.94. The van der Waals surface area contributed by atoms with Gasteiger partial charge in [-0.3, -0.25) is 4.79 Å². The molecule has 1 aromatic carbocycles. The van der Waals surface area contributed by atoms with Gasteiger partial charge in [0.15, 0.2) is 5.65 Å². The van der Waals surface area contributed by atoms with Gasteiger partial charge in [0.1, 0.15) is 6.10 Å². The molecule has 0 unspecified atom stereocenters. The number of aliphatic hydroxyl groups excluding tert-OH is 1. The van der Waals surface area contributed by atoms with Crippen molar-refractivity contribution in [1.82, 2.24) is 14.8 Å². The number of benzene rings is 1. The highest BCUT2D eigenvalue weighted by molar-refractivity contribution is 5.77. The van der Waals surface area contributed by atoms with Crippen LogP contribution in [-0.4, -0.2) is 43.7 Å². The molecule has 1 atom stereocenters. The molecule has 2 aromatic heterocycles. The van der Waals surface area contributed by atoms with E-state index in [9.17, 15) is 9.90 Å². The number of aromatic nitrogens is 3. The van der Waals surface area contributed by atoms with Crippen LogP contribution >= 0.6 is 0 Å². The molecular weight excluding hydrogens is 334 g/mol. The third-order valence-corrected chi connectivity index (χ3v) is 3.94. The lowest BCUT2D eigenvalue weighted by molar-refractivity contribution is -0.136. The van der Waals surface area contributed by atoms with Crippen molar-refractivity contribution in [3.8, 4) is 5.69 Å². The average molecular weight is 355 g/mol. The highest BCUT2D eigenvalue weighted by Crippen LogP contribution is 2.21. The van der Waals surface area contributed by atoms with Crippen molar-refractivity contribution >= 4 is 17.0 Å². The van der Waals surface area contributed by atoms with Gasteiger partial charge in [-0.15, -0.1) is 0 Å². The maximum absolute atomic E-state index is 10.8. The fourth-order valence-corrected chi connectivity index (χ4v) is 2.62. The molecule has 0 aliphatic carbocycles. The fourth-order valence-electron chi connectivity index (χ4n) is 2.62. The van der Waals surface area contributed by atoms with Gasteiger partial charge in [-0.05, 0) is 37.6 Å². The van der Waals surface area contributed by atoms with Gasteiger partial charge in [0.05, 0.1) is 31.0 Å². The maximum Gasteiger partial charge on any atom is 0.307 e. The van der Waals surface area contributed by atoms with Gasteiger partial charge in [-0.25, -0.2) is 9.67 Å². The van der Waals surface area contributed by atoms with Crippen molar-refractivity contribution in [2.24, 2.45) is 0 Å². The van der Waals surface area contributed by atoms with E-state index in [4.69, 9.17) is 9.84 Å². The summed E-state index contributed by atoms with van der Waals surface area (Å²) in [6, 6.07) is 8.99. The van der Waals surface area contributed by atoms with Crippen LogP contribution in [0.5, 0.6) is 0 Å². The molecule has 0 fully saturated rings. The summed E-state index contributed by atoms with van der Waals surface area (Å²) in [5, 5.41) is 24.2. The van der Waals surface area contributed by atoms with Gasteiger partial charge in [0, 0.05) is 17.1 Å². The second-order valence-electron chi connectivity index (χ2n) is 6.37. The van der Waals surface area contributed by atoms with E-state index >= 15 is 0 Å². The summed E-state index contributed by atoms with van der Waals surface area (Å²) in [6.07, 6.45) is 2.60. The quantitative estimate of drug-likeness (QED) is 0.676. The third kappa shape index (κ3) is 4.07. The lowest BCUT2D eigenvalue weighted by Gasteiger charge is -2.13. The van der Waals surface area contributed by atoms with Crippen LogP contribution in [0.2, 0.25) is 0 Å². The van der Waals surface area contributed by atoms with Crippen LogP contribution in [-0.2, 0) is 16.0 Å². The summed E-state index contributed by atoms with van der Waals surface area (Å²) in [7, 11) is 0. The number of rotatable bonds is 7. The number of fused-ring (bicyclic) bond motifs is 1. The highest BCUT2D eigenvalue weighted by Gasteiger charge is 2.13. The van der Waals surface area contributed by atoms with Crippen molar-refractivity contribution in [1.29, 1.82) is 0 Å². The Kier molecular flexibility index (Phi) is 5.29. The SMILES string of the molecule is CC(C)OC[C@@H](O)c1cnc2c(cnn2-c2ccc(CC(=O)O)cc2)c1. The number of ether oxygens (including phenoxy) is 1. The van der Waals surface area contributed by atoms with Crippen molar-refractivity contribution in [3.63, 3.8) is 0 Å². The number of pyridine rings is 1. The number of aliphatic hydroxyl groups is 1. The van der Waals surface area contributed by atoms with Crippen molar-refractivity contribution in [2.75, 3.05) is 6.61 Å². The second kappa shape index (κ2) is 7.63. The Labute approximate surface area is 150 Å². The van der Waals surface area contributed by atoms with Crippen LogP contribution in [0, 0.1) is 0 Å². The zero-order valence-corrected chi connectivity index (χ0v) is 14.7. The van der Waals surface area contributed by atoms with Gasteiger partial charge in [0.2, 0.25) is 0 Å². The van der Waals surface area contributed by atoms with E-state index < -0.39 is 12.1 Å². The van der Waals surface area contributed by atoms with Gasteiger partial charge in [0.25, 0.3) is 0 Å². The summed E-state index contributed by atoms with van der Waals surface area (Å²) in [4.78, 5) is 15.2. The Hall–Kier alpha value is -2.77. The summed E-state index contributed by atoms with van der Waals surface area (Å²) < 4.78 is 7.12. The summed E-state index contributed by atoms with van der Waals surface area (Å²) in [5.74, 6) is -0.864. The van der Waals surface area contributed by atoms with E-state index in [0.717, 1.165) is 16.6 Å². The van der Waals surface area contributed by atoms with Crippen molar-refractivity contribution < 1.29 is 19.7 Å². The number of carboxylic acid groups (broad SMARTS) is 1. The molecule has 0 saturated heterocycles. The van der Waals surface area contributed by atoms with Gasteiger partial charge >= 0.3 is 5.97 Å². The topological polar surface area (TPSA) is 97.5 Å². The van der Waals surface area contributed by atoms with E-state index in [0.29, 0.717) is 11.2 Å². The summed E-state index contributed by atoms with van der Waals surface area (Å²) in [5.41, 5.74) is 2.85. The van der Waals surface area contributed by atoms with Crippen molar-refractivity contribution in [3.05, 3.63) is 53.9 Å². The standard InChI is InChI=1S/C19H21N3O4/c1-12(2)26-11-17(23)14-8-15-10-21-22(19(15)20-9-14)16-5-3-13(4-6-16)7-18(24)25/h3-6,8-10,12,17,23H,7,11H2,1-2H3,(H,24,25)/t17-/m1/s1. The van der Waals surface area contributed by atoms with Crippen LogP contribution in [0.25, 0.3) is 16.7 Å². The van der Waals surface area contributed by atoms with E-state index in [1.165, 1.54) is 0 Å². The largest absolute Gasteiger partial charge is 0.481 e. The average Bonchev–Trinajstić information content (AvgIpc) is 3.03. The Morgan fingerprint density at radius 3 is 2.62 bits per heavy atom. The first-order chi connectivity index (χ1) is 12.4. The fraction of sp³-hybridized carbons (Fsp3) is 0.316. The van der Waals surface area contributed by atoms with E-state index in [-0.39, 0.29) is 19.1 Å². The van der Waals surface area contributed by atoms with Gasteiger partial charge < -0.3 is 14.9 Å². The Morgan fingerprint density at radius 1 is 1.23 bits per heavy atom. The molecule has 0 aliphatic rings. The lowest BCUT2D eigenvalue weighted by Crippen LogP contribution is -2.12. The molecule has 2 N–H and O–H groups in total. The van der Waals surface area contributed by atoms with Crippen LogP contribution in [0.15, 0.2) is 42.7 Å². The number of aliphatic carboxylic acids is 1. The predicted molar refractivity (Wildman–Crippen MR) is 96.3 cm³/mol. The van der Waals surface area contributed by atoms with E-state index in [2.05, 4.69) is 10.1 Å². The molecule has 0 spiro atoms. The minimum Gasteiger partial charge on any atom is -0.481 e. The molecule has 3 aromatic rings. The molecule has 136 valence electrons. The molecule has 0 amide bonds. The summed E-state index contributed by atoms with van der Waals surface area (Å²) >= 11 is 0. The molecule has 2 heterocycles. The predicted octanol–water partition coefficient (Wildman–Crippen LogP) is 2.51. The van der Waals surface area contributed by atoms with E-state index in [1.807, 2.05) is 32.0 Å². The minimum atomic E-state index is -0.864. The van der Waals surface area contributed by atoms with Crippen LogP contribution in [0.1, 0.15) is 31.1 Å². The molecule has 0 radical (unpaired) electrons. The van der Waals surface area contributed by atoms with Crippen molar-refractivity contribution in [2.45, 2.75) is 32.5 Å². The first-order valence-corrected chi connectivity index (χ1v) is 8.38. The molecule has 3 rings (SSSR count). The molecule has 0 saturated carbocycles. The monoisotopic (exact) mass is 355 g/mol. The van der Waals surface area contributed by atoms with Gasteiger partial charge in [-0.1, -0.05) is 12.1 Å². The Bertz CT molecular complexity index is 903.